The zero-order chi connectivity index (χ0) is 19.4. The second kappa shape index (κ2) is 6.27. The lowest BCUT2D eigenvalue weighted by Gasteiger charge is -2.57. The molecule has 4 aliphatic carbocycles. The minimum absolute atomic E-state index is 0.00516. The molecule has 1 aromatic rings. The van der Waals surface area contributed by atoms with E-state index in [1.807, 2.05) is 0 Å². The molecule has 0 aromatic heterocycles. The van der Waals surface area contributed by atoms with Gasteiger partial charge >= 0.3 is 15.6 Å². The van der Waals surface area contributed by atoms with E-state index in [1.165, 1.54) is 38.5 Å². The number of halogens is 3. The largest absolute Gasteiger partial charge is 0.526 e. The van der Waals surface area contributed by atoms with E-state index in [-0.39, 0.29) is 11.2 Å². The average Bonchev–Trinajstić information content (AvgIpc) is 2.57. The third kappa shape index (κ3) is 3.29. The van der Waals surface area contributed by atoms with Gasteiger partial charge < -0.3 is 9.62 Å². The molecule has 4 aliphatic rings. The zero-order valence-corrected chi connectivity index (χ0v) is 15.6. The molecule has 0 aliphatic heterocycles. The summed E-state index contributed by atoms with van der Waals surface area (Å²) in [5.74, 6) is 2.33. The molecule has 4 fully saturated rings. The highest BCUT2D eigenvalue weighted by atomic mass is 32.2. The number of rotatable bonds is 5. The van der Waals surface area contributed by atoms with E-state index in [2.05, 4.69) is 4.33 Å². The predicted octanol–water partition coefficient (Wildman–Crippen LogP) is 4.32. The fraction of sp³-hybridized carbons (Fsp3) is 0.667. The number of alkyl halides is 3. The fourth-order valence-corrected chi connectivity index (χ4v) is 5.92. The Morgan fingerprint density at radius 1 is 1.04 bits per heavy atom. The van der Waals surface area contributed by atoms with Crippen molar-refractivity contribution in [2.45, 2.75) is 49.4 Å². The SMILES string of the molecule is COc1ccc(OOS(=O)(=O)C(F)(F)F)c(C23CC4CC(CC(C4)C2)C3)c1. The normalized spacial score (nSPS) is 32.5. The monoisotopic (exact) mass is 406 g/mol. The van der Waals surface area contributed by atoms with E-state index in [4.69, 9.17) is 9.62 Å². The van der Waals surface area contributed by atoms with Crippen molar-refractivity contribution in [2.24, 2.45) is 17.8 Å². The van der Waals surface area contributed by atoms with Gasteiger partial charge in [-0.15, -0.1) is 0 Å². The molecule has 0 heterocycles. The molecule has 0 N–H and O–H groups in total. The van der Waals surface area contributed by atoms with Crippen LogP contribution in [0.1, 0.15) is 44.1 Å². The Bertz CT molecular complexity index is 799. The molecule has 1 aromatic carbocycles. The van der Waals surface area contributed by atoms with Gasteiger partial charge in [-0.25, -0.2) is 0 Å². The highest BCUT2D eigenvalue weighted by Crippen LogP contribution is 2.62. The van der Waals surface area contributed by atoms with Gasteiger partial charge in [0.05, 0.1) is 7.11 Å². The van der Waals surface area contributed by atoms with Gasteiger partial charge in [-0.05, 0) is 78.8 Å². The summed E-state index contributed by atoms with van der Waals surface area (Å²) in [6.45, 7) is 0. The van der Waals surface area contributed by atoms with Crippen molar-refractivity contribution in [3.05, 3.63) is 23.8 Å². The van der Waals surface area contributed by atoms with Gasteiger partial charge in [-0.2, -0.15) is 21.6 Å². The van der Waals surface area contributed by atoms with Gasteiger partial charge in [-0.1, -0.05) is 0 Å². The molecule has 0 saturated heterocycles. The summed E-state index contributed by atoms with van der Waals surface area (Å²) in [6, 6.07) is 4.67. The van der Waals surface area contributed by atoms with Gasteiger partial charge in [-0.3, -0.25) is 0 Å². The molecule has 27 heavy (non-hydrogen) atoms. The molecule has 4 bridgehead atoms. The minimum Gasteiger partial charge on any atom is -0.497 e. The Kier molecular flexibility index (Phi) is 4.38. The van der Waals surface area contributed by atoms with Crippen LogP contribution in [-0.4, -0.2) is 21.0 Å². The minimum atomic E-state index is -5.84. The Morgan fingerprint density at radius 3 is 2.07 bits per heavy atom. The van der Waals surface area contributed by atoms with E-state index in [0.717, 1.165) is 19.3 Å². The first-order valence-electron chi connectivity index (χ1n) is 8.98. The van der Waals surface area contributed by atoms with Crippen LogP contribution in [0.4, 0.5) is 13.2 Å². The lowest BCUT2D eigenvalue weighted by Crippen LogP contribution is -2.48. The second-order valence-corrected chi connectivity index (χ2v) is 9.62. The van der Waals surface area contributed by atoms with E-state index in [9.17, 15) is 21.6 Å². The maximum atomic E-state index is 12.6. The fourth-order valence-electron chi connectivity index (χ4n) is 5.68. The zero-order valence-electron chi connectivity index (χ0n) is 14.8. The van der Waals surface area contributed by atoms with Crippen LogP contribution in [0.2, 0.25) is 0 Å². The van der Waals surface area contributed by atoms with Crippen molar-refractivity contribution >= 4 is 10.1 Å². The first-order chi connectivity index (χ1) is 12.6. The molecule has 0 spiro atoms. The molecular formula is C18H21F3O5S. The van der Waals surface area contributed by atoms with Crippen LogP contribution < -0.4 is 9.62 Å². The van der Waals surface area contributed by atoms with Gasteiger partial charge in [0, 0.05) is 11.0 Å². The van der Waals surface area contributed by atoms with Crippen molar-refractivity contribution in [1.82, 2.24) is 0 Å². The Balaban J connectivity index is 1.68. The van der Waals surface area contributed by atoms with Crippen LogP contribution in [0.3, 0.4) is 0 Å². The van der Waals surface area contributed by atoms with Gasteiger partial charge in [0.1, 0.15) is 5.75 Å². The molecule has 5 nitrogen and oxygen atoms in total. The van der Waals surface area contributed by atoms with Crippen molar-refractivity contribution in [3.63, 3.8) is 0 Å². The van der Waals surface area contributed by atoms with Gasteiger partial charge in [0.15, 0.2) is 5.75 Å². The summed E-state index contributed by atoms with van der Waals surface area (Å²) >= 11 is 0. The van der Waals surface area contributed by atoms with Crippen LogP contribution in [0.5, 0.6) is 11.5 Å². The van der Waals surface area contributed by atoms with E-state index < -0.39 is 15.6 Å². The maximum Gasteiger partial charge on any atom is 0.526 e. The quantitative estimate of drug-likeness (QED) is 0.414. The predicted molar refractivity (Wildman–Crippen MR) is 89.5 cm³/mol. The first kappa shape index (κ1) is 18.9. The molecule has 5 rings (SSSR count). The highest BCUT2D eigenvalue weighted by Gasteiger charge is 2.53. The van der Waals surface area contributed by atoms with Crippen LogP contribution in [0.15, 0.2) is 18.2 Å². The third-order valence-electron chi connectivity index (χ3n) is 6.29. The van der Waals surface area contributed by atoms with Gasteiger partial charge in [0.2, 0.25) is 0 Å². The number of hydrogen-bond acceptors (Lipinski definition) is 5. The summed E-state index contributed by atoms with van der Waals surface area (Å²) in [5.41, 5.74) is -5.09. The number of benzene rings is 1. The third-order valence-corrected chi connectivity index (χ3v) is 7.11. The van der Waals surface area contributed by atoms with Crippen molar-refractivity contribution < 1.29 is 35.5 Å². The van der Waals surface area contributed by atoms with Crippen LogP contribution in [-0.2, 0) is 19.9 Å². The second-order valence-electron chi connectivity index (χ2n) is 8.11. The summed E-state index contributed by atoms with van der Waals surface area (Å²) in [4.78, 5) is 4.75. The Hall–Kier alpha value is -1.48. The van der Waals surface area contributed by atoms with Crippen LogP contribution in [0.25, 0.3) is 0 Å². The van der Waals surface area contributed by atoms with E-state index in [1.54, 1.807) is 6.07 Å². The molecule has 0 unspecified atom stereocenters. The Morgan fingerprint density at radius 2 is 1.59 bits per heavy atom. The van der Waals surface area contributed by atoms with Crippen molar-refractivity contribution in [3.8, 4) is 11.5 Å². The summed E-state index contributed by atoms with van der Waals surface area (Å²) in [7, 11) is -4.33. The number of ether oxygens (including phenoxy) is 1. The summed E-state index contributed by atoms with van der Waals surface area (Å²) in [6.07, 6.45) is 6.35. The number of hydrogen-bond donors (Lipinski definition) is 0. The van der Waals surface area contributed by atoms with E-state index in [0.29, 0.717) is 29.1 Å². The lowest BCUT2D eigenvalue weighted by molar-refractivity contribution is -0.130. The molecule has 0 radical (unpaired) electrons. The highest BCUT2D eigenvalue weighted by molar-refractivity contribution is 7.87. The Labute approximate surface area is 155 Å². The molecule has 9 heteroatoms. The van der Waals surface area contributed by atoms with Gasteiger partial charge in [0.25, 0.3) is 0 Å². The topological polar surface area (TPSA) is 61.8 Å². The molecule has 150 valence electrons. The van der Waals surface area contributed by atoms with Crippen molar-refractivity contribution in [1.29, 1.82) is 0 Å². The van der Waals surface area contributed by atoms with E-state index >= 15 is 0 Å². The average molecular weight is 406 g/mol. The molecule has 0 atom stereocenters. The standard InChI is InChI=1S/C18H21F3O5S/c1-24-14-2-3-16(25-26-27(22,23)18(19,20)21)15(7-14)17-8-11-4-12(9-17)6-13(5-11)10-17/h2-3,7,11-13H,4-6,8-10H2,1H3. The van der Waals surface area contributed by atoms with Crippen molar-refractivity contribution in [2.75, 3.05) is 7.11 Å². The lowest BCUT2D eigenvalue weighted by atomic mass is 9.48. The van der Waals surface area contributed by atoms with Crippen LogP contribution in [0, 0.1) is 17.8 Å². The first-order valence-corrected chi connectivity index (χ1v) is 10.4. The maximum absolute atomic E-state index is 12.6. The molecular weight excluding hydrogens is 385 g/mol. The number of methoxy groups -OCH3 is 1. The molecule has 0 amide bonds. The summed E-state index contributed by atoms with van der Waals surface area (Å²) in [5, 5.41) is 0. The molecule has 4 saturated carbocycles. The van der Waals surface area contributed by atoms with Crippen LogP contribution >= 0.6 is 0 Å². The summed E-state index contributed by atoms with van der Waals surface area (Å²) < 4.78 is 69.2. The smallest absolute Gasteiger partial charge is 0.497 e.